The fourth-order valence-corrected chi connectivity index (χ4v) is 4.21. The second-order valence-corrected chi connectivity index (χ2v) is 8.65. The van der Waals surface area contributed by atoms with E-state index >= 15 is 0 Å². The number of halogens is 1. The number of carbonyl (C=O) groups excluding carboxylic acids is 1. The summed E-state index contributed by atoms with van der Waals surface area (Å²) in [5.41, 5.74) is 1.01. The Morgan fingerprint density at radius 3 is 2.47 bits per heavy atom. The number of rotatable bonds is 8. The maximum absolute atomic E-state index is 14.0. The van der Waals surface area contributed by atoms with Crippen LogP contribution in [0.4, 0.5) is 15.8 Å². The van der Waals surface area contributed by atoms with E-state index in [1.54, 1.807) is 49.6 Å². The predicted molar refractivity (Wildman–Crippen MR) is 122 cm³/mol. The molecule has 34 heavy (non-hydrogen) atoms. The summed E-state index contributed by atoms with van der Waals surface area (Å²) in [5.74, 6) is -0.518. The number of aromatic nitrogens is 4. The summed E-state index contributed by atoms with van der Waals surface area (Å²) < 4.78 is 46.9. The molecule has 0 saturated heterocycles. The van der Waals surface area contributed by atoms with E-state index in [0.717, 1.165) is 16.9 Å². The smallest absolute Gasteiger partial charge is 0.264 e. The Morgan fingerprint density at radius 2 is 1.74 bits per heavy atom. The number of nitrogens with one attached hydrogen (secondary N) is 2. The van der Waals surface area contributed by atoms with Gasteiger partial charge in [-0.15, -0.1) is 10.2 Å². The Bertz CT molecular complexity index is 1420. The van der Waals surface area contributed by atoms with Crippen molar-refractivity contribution in [2.75, 3.05) is 17.1 Å². The highest BCUT2D eigenvalue weighted by Crippen LogP contribution is 2.27. The Balaban J connectivity index is 1.50. The number of hydrogen-bond acceptors (Lipinski definition) is 7. The highest BCUT2D eigenvalue weighted by Gasteiger charge is 2.21. The number of benzene rings is 3. The number of nitrogens with zero attached hydrogens (tertiary/aromatic N) is 4. The van der Waals surface area contributed by atoms with Gasteiger partial charge >= 0.3 is 0 Å². The molecule has 0 fully saturated rings. The largest absolute Gasteiger partial charge is 0.497 e. The lowest BCUT2D eigenvalue weighted by molar-refractivity contribution is -0.117. The summed E-state index contributed by atoms with van der Waals surface area (Å²) in [6, 6.07) is 18.2. The molecule has 0 radical (unpaired) electrons. The summed E-state index contributed by atoms with van der Waals surface area (Å²) in [6.07, 6.45) is 0. The van der Waals surface area contributed by atoms with Crippen molar-refractivity contribution < 1.29 is 22.3 Å². The quantitative estimate of drug-likeness (QED) is 0.395. The van der Waals surface area contributed by atoms with Gasteiger partial charge in [-0.25, -0.2) is 12.8 Å². The molecule has 12 heteroatoms. The van der Waals surface area contributed by atoms with Crippen LogP contribution in [0, 0.1) is 5.82 Å². The van der Waals surface area contributed by atoms with Crippen molar-refractivity contribution in [3.8, 4) is 17.1 Å². The minimum Gasteiger partial charge on any atom is -0.497 e. The molecule has 1 amide bonds. The molecule has 4 aromatic rings. The van der Waals surface area contributed by atoms with E-state index in [1.807, 2.05) is 0 Å². The molecule has 0 atom stereocenters. The molecule has 0 spiro atoms. The Kier molecular flexibility index (Phi) is 6.50. The van der Waals surface area contributed by atoms with Gasteiger partial charge in [-0.3, -0.25) is 9.52 Å². The van der Waals surface area contributed by atoms with Crippen molar-refractivity contribution in [2.24, 2.45) is 0 Å². The number of para-hydroxylation sites is 1. The summed E-state index contributed by atoms with van der Waals surface area (Å²) >= 11 is 0. The highest BCUT2D eigenvalue weighted by molar-refractivity contribution is 7.92. The normalized spacial score (nSPS) is 11.1. The number of carbonyl (C=O) groups is 1. The monoisotopic (exact) mass is 482 g/mol. The van der Waals surface area contributed by atoms with E-state index in [1.165, 1.54) is 18.2 Å². The first kappa shape index (κ1) is 22.9. The van der Waals surface area contributed by atoms with Crippen molar-refractivity contribution in [3.05, 3.63) is 78.6 Å². The second kappa shape index (κ2) is 9.67. The van der Waals surface area contributed by atoms with E-state index in [9.17, 15) is 17.6 Å². The molecule has 0 saturated carbocycles. The molecule has 1 heterocycles. The van der Waals surface area contributed by atoms with Crippen molar-refractivity contribution in [1.29, 1.82) is 0 Å². The van der Waals surface area contributed by atoms with E-state index < -0.39 is 20.7 Å². The van der Waals surface area contributed by atoms with Crippen molar-refractivity contribution in [1.82, 2.24) is 20.2 Å². The summed E-state index contributed by atoms with van der Waals surface area (Å²) in [5, 5.41) is 14.7. The molecule has 4 rings (SSSR count). The standard InChI is InChI=1S/C22H19FN6O4S/c1-33-16-12-10-15(11-13-16)24-21(30)14-29-26-22(25-28-29)17-6-2-4-8-19(17)27-34(31,32)20-9-5-3-7-18(20)23/h2-13,27H,14H2,1H3,(H,24,30). The van der Waals surface area contributed by atoms with Gasteiger partial charge in [0.2, 0.25) is 11.7 Å². The van der Waals surface area contributed by atoms with Crippen LogP contribution in [-0.2, 0) is 21.4 Å². The first-order valence-electron chi connectivity index (χ1n) is 9.94. The van der Waals surface area contributed by atoms with E-state index in [4.69, 9.17) is 4.74 Å². The molecular formula is C22H19FN6O4S. The Morgan fingerprint density at radius 1 is 1.03 bits per heavy atom. The lowest BCUT2D eigenvalue weighted by Gasteiger charge is -2.11. The minimum absolute atomic E-state index is 0.0871. The van der Waals surface area contributed by atoms with Gasteiger partial charge in [-0.2, -0.15) is 4.80 Å². The Hall–Kier alpha value is -4.32. The van der Waals surface area contributed by atoms with Crippen LogP contribution in [0.5, 0.6) is 5.75 Å². The number of anilines is 2. The lowest BCUT2D eigenvalue weighted by atomic mass is 10.2. The van der Waals surface area contributed by atoms with Crippen LogP contribution < -0.4 is 14.8 Å². The van der Waals surface area contributed by atoms with Crippen molar-refractivity contribution in [2.45, 2.75) is 11.4 Å². The topological polar surface area (TPSA) is 128 Å². The third-order valence-electron chi connectivity index (χ3n) is 4.65. The second-order valence-electron chi connectivity index (χ2n) is 7.00. The zero-order chi connectivity index (χ0) is 24.1. The fourth-order valence-electron chi connectivity index (χ4n) is 3.05. The highest BCUT2D eigenvalue weighted by atomic mass is 32.2. The van der Waals surface area contributed by atoms with Gasteiger partial charge in [-0.05, 0) is 53.7 Å². The summed E-state index contributed by atoms with van der Waals surface area (Å²) in [6.45, 7) is -0.220. The molecule has 2 N–H and O–H groups in total. The maximum Gasteiger partial charge on any atom is 0.264 e. The van der Waals surface area contributed by atoms with Gasteiger partial charge in [-0.1, -0.05) is 24.3 Å². The number of hydrogen-bond donors (Lipinski definition) is 2. The third-order valence-corrected chi connectivity index (χ3v) is 6.05. The van der Waals surface area contributed by atoms with Gasteiger partial charge in [0.15, 0.2) is 0 Å². The zero-order valence-corrected chi connectivity index (χ0v) is 18.7. The van der Waals surface area contributed by atoms with Crippen LogP contribution >= 0.6 is 0 Å². The molecule has 0 aliphatic heterocycles. The van der Waals surface area contributed by atoms with E-state index in [0.29, 0.717) is 17.0 Å². The molecule has 1 aromatic heterocycles. The molecule has 10 nitrogen and oxygen atoms in total. The minimum atomic E-state index is -4.21. The number of ether oxygens (including phenoxy) is 1. The molecule has 0 aliphatic carbocycles. The Labute approximate surface area is 194 Å². The predicted octanol–water partition coefficient (Wildman–Crippen LogP) is 2.93. The first-order valence-corrected chi connectivity index (χ1v) is 11.4. The summed E-state index contributed by atoms with van der Waals surface area (Å²) in [7, 11) is -2.66. The average Bonchev–Trinajstić information content (AvgIpc) is 3.28. The van der Waals surface area contributed by atoms with Gasteiger partial charge < -0.3 is 10.1 Å². The number of amides is 1. The lowest BCUT2D eigenvalue weighted by Crippen LogP contribution is -2.20. The summed E-state index contributed by atoms with van der Waals surface area (Å²) in [4.78, 5) is 12.9. The number of methoxy groups -OCH3 is 1. The molecular weight excluding hydrogens is 463 g/mol. The van der Waals surface area contributed by atoms with Gasteiger partial charge in [0, 0.05) is 11.3 Å². The van der Waals surface area contributed by atoms with E-state index in [-0.39, 0.29) is 24.0 Å². The molecule has 3 aromatic carbocycles. The van der Waals surface area contributed by atoms with Gasteiger partial charge in [0.05, 0.1) is 12.8 Å². The molecule has 0 unspecified atom stereocenters. The fraction of sp³-hybridized carbons (Fsp3) is 0.0909. The van der Waals surface area contributed by atoms with Crippen LogP contribution in [0.3, 0.4) is 0 Å². The van der Waals surface area contributed by atoms with Crippen LogP contribution in [0.25, 0.3) is 11.4 Å². The molecule has 0 bridgehead atoms. The van der Waals surface area contributed by atoms with Crippen LogP contribution in [0.15, 0.2) is 77.7 Å². The first-order chi connectivity index (χ1) is 16.4. The molecule has 0 aliphatic rings. The SMILES string of the molecule is COc1ccc(NC(=O)Cn2nnc(-c3ccccc3NS(=O)(=O)c3ccccc3F)n2)cc1. The van der Waals surface area contributed by atoms with Gasteiger partial charge in [0.1, 0.15) is 23.0 Å². The number of tetrazole rings is 1. The van der Waals surface area contributed by atoms with Crippen LogP contribution in [0.1, 0.15) is 0 Å². The average molecular weight is 482 g/mol. The van der Waals surface area contributed by atoms with Crippen LogP contribution in [0.2, 0.25) is 0 Å². The van der Waals surface area contributed by atoms with Crippen molar-refractivity contribution in [3.63, 3.8) is 0 Å². The van der Waals surface area contributed by atoms with Gasteiger partial charge in [0.25, 0.3) is 10.0 Å². The zero-order valence-electron chi connectivity index (χ0n) is 17.8. The molecule has 174 valence electrons. The van der Waals surface area contributed by atoms with Crippen LogP contribution in [-0.4, -0.2) is 41.6 Å². The van der Waals surface area contributed by atoms with E-state index in [2.05, 4.69) is 25.4 Å². The van der Waals surface area contributed by atoms with Crippen molar-refractivity contribution >= 4 is 27.3 Å². The maximum atomic E-state index is 14.0. The third kappa shape index (κ3) is 5.18. The number of sulfonamides is 1.